The lowest BCUT2D eigenvalue weighted by molar-refractivity contribution is 0.506. The number of nitrogens with one attached hydrogen (secondary N) is 1. The predicted octanol–water partition coefficient (Wildman–Crippen LogP) is 2.58. The second kappa shape index (κ2) is 6.82. The SMILES string of the molecule is Cl.Nc1ccc2c(c1)CCCC2NS(=O)(=O)c1cncc(F)c1. The van der Waals surface area contributed by atoms with Crippen molar-refractivity contribution in [2.45, 2.75) is 30.2 Å². The highest BCUT2D eigenvalue weighted by molar-refractivity contribution is 7.89. The molecule has 0 saturated heterocycles. The molecule has 2 aromatic rings. The fourth-order valence-electron chi connectivity index (χ4n) is 2.75. The molecule has 0 aliphatic heterocycles. The second-order valence-corrected chi connectivity index (χ2v) is 7.08. The summed E-state index contributed by atoms with van der Waals surface area (Å²) in [4.78, 5) is 3.42. The van der Waals surface area contributed by atoms with Gasteiger partial charge in [-0.3, -0.25) is 4.98 Å². The Morgan fingerprint density at radius 1 is 1.26 bits per heavy atom. The van der Waals surface area contributed by atoms with Gasteiger partial charge in [-0.25, -0.2) is 17.5 Å². The quantitative estimate of drug-likeness (QED) is 0.827. The lowest BCUT2D eigenvalue weighted by Gasteiger charge is -2.26. The molecule has 0 fully saturated rings. The summed E-state index contributed by atoms with van der Waals surface area (Å²) in [5, 5.41) is 0. The van der Waals surface area contributed by atoms with Crippen molar-refractivity contribution in [2.24, 2.45) is 0 Å². The van der Waals surface area contributed by atoms with Crippen LogP contribution in [0.25, 0.3) is 0 Å². The third-order valence-electron chi connectivity index (χ3n) is 3.77. The largest absolute Gasteiger partial charge is 0.399 e. The van der Waals surface area contributed by atoms with Crippen molar-refractivity contribution < 1.29 is 12.8 Å². The number of nitrogens with two attached hydrogens (primary N) is 1. The van der Waals surface area contributed by atoms with E-state index >= 15 is 0 Å². The van der Waals surface area contributed by atoms with Gasteiger partial charge in [-0.15, -0.1) is 12.4 Å². The van der Waals surface area contributed by atoms with Crippen LogP contribution in [0.1, 0.15) is 30.0 Å². The maximum Gasteiger partial charge on any atom is 0.242 e. The van der Waals surface area contributed by atoms with Gasteiger partial charge in [-0.1, -0.05) is 6.07 Å². The molecule has 1 aromatic carbocycles. The zero-order valence-corrected chi connectivity index (χ0v) is 13.8. The molecule has 5 nitrogen and oxygen atoms in total. The molecule has 1 unspecified atom stereocenters. The smallest absolute Gasteiger partial charge is 0.242 e. The molecule has 0 saturated carbocycles. The molecule has 1 heterocycles. The van der Waals surface area contributed by atoms with Crippen molar-refractivity contribution in [1.29, 1.82) is 0 Å². The zero-order chi connectivity index (χ0) is 15.7. The van der Waals surface area contributed by atoms with Gasteiger partial charge in [0.1, 0.15) is 10.7 Å². The van der Waals surface area contributed by atoms with Crippen LogP contribution in [0.3, 0.4) is 0 Å². The first-order valence-corrected chi connectivity index (χ1v) is 8.45. The number of pyridine rings is 1. The van der Waals surface area contributed by atoms with E-state index in [1.807, 2.05) is 12.1 Å². The Kier molecular flexibility index (Phi) is 5.23. The van der Waals surface area contributed by atoms with Crippen LogP contribution in [-0.2, 0) is 16.4 Å². The summed E-state index contributed by atoms with van der Waals surface area (Å²) in [6.45, 7) is 0. The molecule has 1 aliphatic rings. The summed E-state index contributed by atoms with van der Waals surface area (Å²) in [6, 6.07) is 6.11. The van der Waals surface area contributed by atoms with E-state index in [4.69, 9.17) is 5.73 Å². The number of nitrogens with zero attached hydrogens (tertiary/aromatic N) is 1. The fraction of sp³-hybridized carbons (Fsp3) is 0.267. The van der Waals surface area contributed by atoms with Crippen molar-refractivity contribution >= 4 is 28.1 Å². The van der Waals surface area contributed by atoms with Gasteiger partial charge >= 0.3 is 0 Å². The van der Waals surface area contributed by atoms with E-state index in [0.717, 1.165) is 42.4 Å². The van der Waals surface area contributed by atoms with E-state index < -0.39 is 15.8 Å². The number of hydrogen-bond donors (Lipinski definition) is 2. The monoisotopic (exact) mass is 357 g/mol. The first-order valence-electron chi connectivity index (χ1n) is 6.97. The molecule has 1 atom stereocenters. The summed E-state index contributed by atoms with van der Waals surface area (Å²) in [6.07, 6.45) is 4.54. The fourth-order valence-corrected chi connectivity index (χ4v) is 3.97. The van der Waals surface area contributed by atoms with Crippen LogP contribution < -0.4 is 10.5 Å². The van der Waals surface area contributed by atoms with Crippen LogP contribution in [0.15, 0.2) is 41.6 Å². The Hall–Kier alpha value is -1.70. The molecular weight excluding hydrogens is 341 g/mol. The van der Waals surface area contributed by atoms with Crippen LogP contribution in [-0.4, -0.2) is 13.4 Å². The Labute approximate surface area is 140 Å². The molecule has 8 heteroatoms. The number of aromatic nitrogens is 1. The Morgan fingerprint density at radius 2 is 2.04 bits per heavy atom. The minimum Gasteiger partial charge on any atom is -0.399 e. The van der Waals surface area contributed by atoms with E-state index in [1.54, 1.807) is 6.07 Å². The molecule has 3 N–H and O–H groups in total. The van der Waals surface area contributed by atoms with Gasteiger partial charge in [0.15, 0.2) is 0 Å². The van der Waals surface area contributed by atoms with E-state index in [-0.39, 0.29) is 23.3 Å². The van der Waals surface area contributed by atoms with Crippen molar-refractivity contribution in [3.05, 3.63) is 53.6 Å². The standard InChI is InChI=1S/C15H16FN3O2S.ClH/c16-11-7-13(9-18-8-11)22(20,21)19-15-3-1-2-10-6-12(17)4-5-14(10)15;/h4-9,15,19H,1-3,17H2;1H. The minimum absolute atomic E-state index is 0. The number of nitrogen functional groups attached to an aromatic ring is 1. The first kappa shape index (κ1) is 17.7. The molecule has 124 valence electrons. The van der Waals surface area contributed by atoms with Crippen molar-refractivity contribution in [1.82, 2.24) is 9.71 Å². The van der Waals surface area contributed by atoms with Crippen LogP contribution >= 0.6 is 12.4 Å². The van der Waals surface area contributed by atoms with Crippen molar-refractivity contribution in [2.75, 3.05) is 5.73 Å². The number of aryl methyl sites for hydroxylation is 1. The molecule has 3 rings (SSSR count). The first-order chi connectivity index (χ1) is 10.5. The van der Waals surface area contributed by atoms with E-state index in [9.17, 15) is 12.8 Å². The van der Waals surface area contributed by atoms with Crippen LogP contribution in [0.2, 0.25) is 0 Å². The lowest BCUT2D eigenvalue weighted by Crippen LogP contribution is -2.31. The molecule has 0 radical (unpaired) electrons. The third kappa shape index (κ3) is 3.80. The number of halogens is 2. The van der Waals surface area contributed by atoms with E-state index in [0.29, 0.717) is 12.1 Å². The van der Waals surface area contributed by atoms with E-state index in [2.05, 4.69) is 9.71 Å². The number of fused-ring (bicyclic) bond motifs is 1. The van der Waals surface area contributed by atoms with Crippen molar-refractivity contribution in [3.63, 3.8) is 0 Å². The van der Waals surface area contributed by atoms with Gasteiger partial charge in [0.25, 0.3) is 0 Å². The summed E-state index contributed by atoms with van der Waals surface area (Å²) in [5.41, 5.74) is 8.41. The summed E-state index contributed by atoms with van der Waals surface area (Å²) < 4.78 is 40.6. The maximum absolute atomic E-state index is 13.2. The minimum atomic E-state index is -3.82. The van der Waals surface area contributed by atoms with Gasteiger partial charge < -0.3 is 5.73 Å². The molecular formula is C15H17ClFN3O2S. The Morgan fingerprint density at radius 3 is 2.78 bits per heavy atom. The molecule has 1 aliphatic carbocycles. The average molecular weight is 358 g/mol. The molecule has 0 amide bonds. The third-order valence-corrected chi connectivity index (χ3v) is 5.21. The lowest BCUT2D eigenvalue weighted by atomic mass is 9.88. The van der Waals surface area contributed by atoms with E-state index in [1.165, 1.54) is 0 Å². The summed E-state index contributed by atoms with van der Waals surface area (Å²) in [5.74, 6) is -0.681. The van der Waals surface area contributed by atoms with Gasteiger partial charge in [0.2, 0.25) is 10.0 Å². The van der Waals surface area contributed by atoms with Crippen LogP contribution in [0, 0.1) is 5.82 Å². The van der Waals surface area contributed by atoms with Gasteiger partial charge in [-0.05, 0) is 48.6 Å². The summed E-state index contributed by atoms with van der Waals surface area (Å²) in [7, 11) is -3.82. The molecule has 23 heavy (non-hydrogen) atoms. The number of hydrogen-bond acceptors (Lipinski definition) is 4. The normalized spacial score (nSPS) is 17.2. The molecule has 0 bridgehead atoms. The van der Waals surface area contributed by atoms with Crippen LogP contribution in [0.4, 0.5) is 10.1 Å². The average Bonchev–Trinajstić information content (AvgIpc) is 2.47. The number of benzene rings is 1. The van der Waals surface area contributed by atoms with Gasteiger partial charge in [0, 0.05) is 17.9 Å². The Bertz CT molecular complexity index is 814. The highest BCUT2D eigenvalue weighted by Crippen LogP contribution is 2.32. The zero-order valence-electron chi connectivity index (χ0n) is 12.2. The van der Waals surface area contributed by atoms with Gasteiger partial charge in [0.05, 0.1) is 6.20 Å². The maximum atomic E-state index is 13.2. The number of sulfonamides is 1. The number of rotatable bonds is 3. The van der Waals surface area contributed by atoms with Gasteiger partial charge in [-0.2, -0.15) is 0 Å². The van der Waals surface area contributed by atoms with Crippen molar-refractivity contribution in [3.8, 4) is 0 Å². The molecule has 1 aromatic heterocycles. The predicted molar refractivity (Wildman–Crippen MR) is 88.3 cm³/mol. The summed E-state index contributed by atoms with van der Waals surface area (Å²) >= 11 is 0. The second-order valence-electron chi connectivity index (χ2n) is 5.36. The Balaban J connectivity index is 0.00000192. The topological polar surface area (TPSA) is 85.1 Å². The number of anilines is 1. The van der Waals surface area contributed by atoms with Crippen LogP contribution in [0.5, 0.6) is 0 Å². The highest BCUT2D eigenvalue weighted by Gasteiger charge is 2.26. The highest BCUT2D eigenvalue weighted by atomic mass is 35.5. The molecule has 0 spiro atoms.